The summed E-state index contributed by atoms with van der Waals surface area (Å²) in [6, 6.07) is 5.18. The fraction of sp³-hybridized carbons (Fsp3) is 0. The van der Waals surface area contributed by atoms with E-state index in [0.717, 1.165) is 0 Å². The molecule has 1 aromatic carbocycles. The molecule has 1 heterocycles. The molecule has 0 bridgehead atoms. The van der Waals surface area contributed by atoms with Crippen molar-refractivity contribution >= 4 is 23.0 Å². The van der Waals surface area contributed by atoms with Gasteiger partial charge in [-0.2, -0.15) is 4.98 Å². The Balaban J connectivity index is 2.30. The van der Waals surface area contributed by atoms with Crippen molar-refractivity contribution in [2.24, 2.45) is 9.63 Å². The van der Waals surface area contributed by atoms with Gasteiger partial charge in [-0.15, -0.1) is 0 Å². The summed E-state index contributed by atoms with van der Waals surface area (Å²) in [5.41, 5.74) is 0.203. The van der Waals surface area contributed by atoms with Crippen molar-refractivity contribution in [3.63, 3.8) is 0 Å². The van der Waals surface area contributed by atoms with Crippen LogP contribution >= 0.6 is 0 Å². The summed E-state index contributed by atoms with van der Waals surface area (Å²) in [4.78, 5) is 13.8. The molecular formula is C8H4N5O5S-. The van der Waals surface area contributed by atoms with Crippen LogP contribution in [0.3, 0.4) is 0 Å². The minimum Gasteiger partial charge on any atom is -0.752 e. The van der Waals surface area contributed by atoms with E-state index >= 15 is 0 Å². The fourth-order valence-electron chi connectivity index (χ4n) is 1.20. The quantitative estimate of drug-likeness (QED) is 0.357. The summed E-state index contributed by atoms with van der Waals surface area (Å²) in [6.45, 7) is 0. The third-order valence-electron chi connectivity index (χ3n) is 1.92. The summed E-state index contributed by atoms with van der Waals surface area (Å²) in [6.07, 6.45) is 0. The highest BCUT2D eigenvalue weighted by atomic mass is 32.2. The van der Waals surface area contributed by atoms with Crippen LogP contribution in [-0.2, 0) is 11.3 Å². The van der Waals surface area contributed by atoms with Crippen molar-refractivity contribution in [1.29, 1.82) is 0 Å². The fourth-order valence-corrected chi connectivity index (χ4v) is 1.34. The second-order valence-corrected chi connectivity index (χ2v) is 3.70. The van der Waals surface area contributed by atoms with Gasteiger partial charge in [0.25, 0.3) is 5.69 Å². The van der Waals surface area contributed by atoms with Crippen molar-refractivity contribution in [2.75, 3.05) is 0 Å². The molecule has 11 heteroatoms. The maximum Gasteiger partial charge on any atom is 0.367 e. The molecule has 0 saturated carbocycles. The smallest absolute Gasteiger partial charge is 0.367 e. The Bertz CT molecular complexity index is 669. The second kappa shape index (κ2) is 5.41. The van der Waals surface area contributed by atoms with Crippen LogP contribution in [-0.4, -0.2) is 23.8 Å². The van der Waals surface area contributed by atoms with Crippen molar-refractivity contribution in [2.45, 2.75) is 0 Å². The van der Waals surface area contributed by atoms with Gasteiger partial charge < -0.3 is 9.08 Å². The number of rotatable bonds is 4. The zero-order chi connectivity index (χ0) is 13.8. The molecule has 2 aromatic rings. The van der Waals surface area contributed by atoms with Gasteiger partial charge in [0.2, 0.25) is 5.82 Å². The molecule has 0 aliphatic heterocycles. The zero-order valence-corrected chi connectivity index (χ0v) is 9.81. The van der Waals surface area contributed by atoms with Crippen LogP contribution in [0, 0.1) is 10.1 Å². The first-order chi connectivity index (χ1) is 9.06. The predicted molar refractivity (Wildman–Crippen MR) is 59.8 cm³/mol. The summed E-state index contributed by atoms with van der Waals surface area (Å²) in [5, 5.41) is 17.3. The van der Waals surface area contributed by atoms with Crippen LogP contribution in [0.1, 0.15) is 0 Å². The molecular weight excluding hydrogens is 278 g/mol. The lowest BCUT2D eigenvalue weighted by Gasteiger charge is -1.93. The minimum atomic E-state index is -2.72. The number of nitro benzene ring substituents is 1. The average molecular weight is 282 g/mol. The highest BCUT2D eigenvalue weighted by molar-refractivity contribution is 7.77. The molecule has 0 radical (unpaired) electrons. The predicted octanol–water partition coefficient (Wildman–Crippen LogP) is 1.52. The van der Waals surface area contributed by atoms with Crippen molar-refractivity contribution in [3.8, 4) is 11.4 Å². The molecule has 0 aliphatic rings. The van der Waals surface area contributed by atoms with E-state index in [1.165, 1.54) is 24.3 Å². The average Bonchev–Trinajstić information content (AvgIpc) is 2.85. The van der Waals surface area contributed by atoms with Crippen LogP contribution < -0.4 is 0 Å². The van der Waals surface area contributed by atoms with E-state index in [2.05, 4.69) is 24.3 Å². The highest BCUT2D eigenvalue weighted by Crippen LogP contribution is 2.23. The molecule has 1 unspecified atom stereocenters. The Hall–Kier alpha value is -2.53. The SMILES string of the molecule is O=[N+]([O-])c1cccc(-c2noc(/N=N/S(=O)[O-])n2)c1. The first-order valence-corrected chi connectivity index (χ1v) is 5.69. The highest BCUT2D eigenvalue weighted by Gasteiger charge is 2.12. The van der Waals surface area contributed by atoms with Gasteiger partial charge in [-0.3, -0.25) is 10.1 Å². The number of hydrogen-bond acceptors (Lipinski definition) is 8. The molecule has 98 valence electrons. The normalized spacial score (nSPS) is 12.7. The third kappa shape index (κ3) is 3.23. The molecule has 0 fully saturated rings. The van der Waals surface area contributed by atoms with Crippen LogP contribution in [0.25, 0.3) is 11.4 Å². The van der Waals surface area contributed by atoms with Gasteiger partial charge in [0, 0.05) is 17.7 Å². The van der Waals surface area contributed by atoms with Gasteiger partial charge in [0.05, 0.1) is 16.2 Å². The molecule has 0 saturated heterocycles. The first kappa shape index (κ1) is 12.9. The maximum atomic E-state index is 10.6. The summed E-state index contributed by atoms with van der Waals surface area (Å²) >= 11 is -2.72. The lowest BCUT2D eigenvalue weighted by atomic mass is 10.2. The van der Waals surface area contributed by atoms with Gasteiger partial charge in [-0.05, 0) is 0 Å². The van der Waals surface area contributed by atoms with Crippen molar-refractivity contribution < 1.29 is 18.2 Å². The minimum absolute atomic E-state index is 0.0364. The van der Waals surface area contributed by atoms with E-state index in [9.17, 15) is 18.9 Å². The Morgan fingerprint density at radius 1 is 1.42 bits per heavy atom. The lowest BCUT2D eigenvalue weighted by Crippen LogP contribution is -1.88. The summed E-state index contributed by atoms with van der Waals surface area (Å²) in [5.74, 6) is 0.0364. The number of benzene rings is 1. The Kier molecular flexibility index (Phi) is 3.68. The second-order valence-electron chi connectivity index (χ2n) is 3.11. The third-order valence-corrected chi connectivity index (χ3v) is 2.14. The molecule has 19 heavy (non-hydrogen) atoms. The molecule has 0 N–H and O–H groups in total. The Morgan fingerprint density at radius 2 is 2.21 bits per heavy atom. The van der Waals surface area contributed by atoms with E-state index < -0.39 is 16.2 Å². The van der Waals surface area contributed by atoms with Gasteiger partial charge in [0.1, 0.15) is 0 Å². The van der Waals surface area contributed by atoms with E-state index in [1.807, 2.05) is 0 Å². The van der Waals surface area contributed by atoms with E-state index in [0.29, 0.717) is 5.56 Å². The molecule has 2 rings (SSSR count). The van der Waals surface area contributed by atoms with Crippen LogP contribution in [0.2, 0.25) is 0 Å². The lowest BCUT2D eigenvalue weighted by molar-refractivity contribution is -0.384. The molecule has 1 aromatic heterocycles. The maximum absolute atomic E-state index is 10.6. The van der Waals surface area contributed by atoms with Crippen LogP contribution in [0.4, 0.5) is 11.7 Å². The molecule has 0 spiro atoms. The van der Waals surface area contributed by atoms with Crippen LogP contribution in [0.5, 0.6) is 0 Å². The molecule has 0 amide bonds. The van der Waals surface area contributed by atoms with E-state index in [4.69, 9.17) is 0 Å². The van der Waals surface area contributed by atoms with E-state index in [1.54, 1.807) is 0 Å². The summed E-state index contributed by atoms with van der Waals surface area (Å²) < 4.78 is 27.7. The number of nitro groups is 1. The van der Waals surface area contributed by atoms with Crippen LogP contribution in [0.15, 0.2) is 38.4 Å². The van der Waals surface area contributed by atoms with Gasteiger partial charge in [0.15, 0.2) is 0 Å². The number of aromatic nitrogens is 2. The standard InChI is InChI=1S/C8H5N5O5S/c14-13(15)6-3-1-2-5(4-6)7-9-8(18-11-7)10-12-19(16)17/h1-4H,(H,16,17)/p-1/b12-10+. The molecule has 10 nitrogen and oxygen atoms in total. The zero-order valence-electron chi connectivity index (χ0n) is 8.99. The van der Waals surface area contributed by atoms with Crippen molar-refractivity contribution in [3.05, 3.63) is 34.4 Å². The Morgan fingerprint density at radius 3 is 2.89 bits per heavy atom. The number of non-ortho nitro benzene ring substituents is 1. The number of nitrogens with zero attached hydrogens (tertiary/aromatic N) is 5. The number of hydrogen-bond donors (Lipinski definition) is 0. The topological polar surface area (TPSA) is 147 Å². The molecule has 0 aliphatic carbocycles. The largest absolute Gasteiger partial charge is 0.752 e. The van der Waals surface area contributed by atoms with Gasteiger partial charge in [-0.1, -0.05) is 26.9 Å². The summed E-state index contributed by atoms with van der Waals surface area (Å²) in [7, 11) is 0. The van der Waals surface area contributed by atoms with Gasteiger partial charge in [-0.25, -0.2) is 4.21 Å². The monoisotopic (exact) mass is 282 g/mol. The Labute approximate surface area is 107 Å². The van der Waals surface area contributed by atoms with Crippen molar-refractivity contribution in [1.82, 2.24) is 10.1 Å². The van der Waals surface area contributed by atoms with Gasteiger partial charge >= 0.3 is 6.01 Å². The molecule has 1 atom stereocenters. The van der Waals surface area contributed by atoms with E-state index in [-0.39, 0.29) is 17.5 Å². The first-order valence-electron chi connectivity index (χ1n) is 4.66.